The number of benzene rings is 2. The second-order valence-corrected chi connectivity index (χ2v) is 11.1. The summed E-state index contributed by atoms with van der Waals surface area (Å²) in [5.74, 6) is 0. The van der Waals surface area contributed by atoms with E-state index in [-0.39, 0.29) is 11.1 Å². The Kier molecular flexibility index (Phi) is 9.19. The average molecular weight is 445 g/mol. The first-order chi connectivity index (χ1) is 13.3. The van der Waals surface area contributed by atoms with Gasteiger partial charge in [0.2, 0.25) is 7.37 Å². The first-order valence-electron chi connectivity index (χ1n) is 9.26. The van der Waals surface area contributed by atoms with Crippen LogP contribution in [-0.2, 0) is 29.8 Å². The maximum absolute atomic E-state index is 13.2. The van der Waals surface area contributed by atoms with Crippen LogP contribution in [0.2, 0.25) is 5.02 Å². The van der Waals surface area contributed by atoms with Crippen LogP contribution in [0.5, 0.6) is 0 Å². The molecule has 28 heavy (non-hydrogen) atoms. The van der Waals surface area contributed by atoms with Gasteiger partial charge in [-0.15, -0.1) is 0 Å². The molecule has 2 aromatic rings. The molecule has 8 heteroatoms. The molecule has 0 aromatic heterocycles. The third-order valence-electron chi connectivity index (χ3n) is 4.14. The Hall–Kier alpha value is -1.17. The standard InChI is InChI=1S/C20H26ClO5PS/c1-2-3-15-25-27(22,16-7-10-18-8-5-4-6-9-18)17-26-28(23,24)20-13-11-19(21)12-14-20/h4-6,8-9,11-14H,2-3,7,10,15-17H2,1H3. The minimum absolute atomic E-state index is 0.0266. The van der Waals surface area contributed by atoms with Gasteiger partial charge < -0.3 is 4.52 Å². The molecule has 0 heterocycles. The van der Waals surface area contributed by atoms with Crippen LogP contribution in [0, 0.1) is 0 Å². The molecule has 1 atom stereocenters. The Labute approximate surface area is 172 Å². The van der Waals surface area contributed by atoms with Crippen LogP contribution in [0.4, 0.5) is 0 Å². The first-order valence-corrected chi connectivity index (χ1v) is 13.0. The van der Waals surface area contributed by atoms with Crippen molar-refractivity contribution in [3.63, 3.8) is 0 Å². The summed E-state index contributed by atoms with van der Waals surface area (Å²) >= 11 is 5.79. The predicted molar refractivity (Wildman–Crippen MR) is 113 cm³/mol. The SMILES string of the molecule is CCCCOP(=O)(CCCc1ccccc1)COS(=O)(=O)c1ccc(Cl)cc1. The molecule has 1 unspecified atom stereocenters. The van der Waals surface area contributed by atoms with E-state index in [2.05, 4.69) is 0 Å². The van der Waals surface area contributed by atoms with Crippen LogP contribution < -0.4 is 0 Å². The van der Waals surface area contributed by atoms with Crippen LogP contribution >= 0.6 is 19.0 Å². The molecule has 0 spiro atoms. The molecule has 0 saturated carbocycles. The topological polar surface area (TPSA) is 69.7 Å². The monoisotopic (exact) mass is 444 g/mol. The average Bonchev–Trinajstić information content (AvgIpc) is 2.68. The quantitative estimate of drug-likeness (QED) is 0.237. The lowest BCUT2D eigenvalue weighted by Gasteiger charge is -2.18. The number of aryl methyl sites for hydroxylation is 1. The van der Waals surface area contributed by atoms with Crippen LogP contribution in [0.25, 0.3) is 0 Å². The van der Waals surface area contributed by atoms with Gasteiger partial charge in [-0.2, -0.15) is 8.42 Å². The Morgan fingerprint density at radius 2 is 1.68 bits per heavy atom. The maximum Gasteiger partial charge on any atom is 0.297 e. The zero-order valence-corrected chi connectivity index (χ0v) is 18.4. The zero-order chi connectivity index (χ0) is 20.5. The summed E-state index contributed by atoms with van der Waals surface area (Å²) in [6.45, 7) is 2.33. The Morgan fingerprint density at radius 3 is 2.32 bits per heavy atom. The smallest absolute Gasteiger partial charge is 0.297 e. The molecule has 2 rings (SSSR count). The molecule has 0 bridgehead atoms. The second-order valence-electron chi connectivity index (χ2n) is 6.47. The predicted octanol–water partition coefficient (Wildman–Crippen LogP) is 5.73. The highest BCUT2D eigenvalue weighted by Crippen LogP contribution is 2.48. The third kappa shape index (κ3) is 7.69. The molecule has 0 amide bonds. The van der Waals surface area contributed by atoms with Crippen LogP contribution in [-0.4, -0.2) is 27.5 Å². The lowest BCUT2D eigenvalue weighted by molar-refractivity contribution is 0.276. The molecule has 154 valence electrons. The van der Waals surface area contributed by atoms with Crippen molar-refractivity contribution in [3.8, 4) is 0 Å². The Bertz CT molecular complexity index is 869. The number of halogens is 1. The summed E-state index contributed by atoms with van der Waals surface area (Å²) in [6.07, 6.45) is 2.82. The van der Waals surface area contributed by atoms with Gasteiger partial charge in [-0.25, -0.2) is 0 Å². The van der Waals surface area contributed by atoms with Crippen molar-refractivity contribution in [1.29, 1.82) is 0 Å². The van der Waals surface area contributed by atoms with Crippen molar-refractivity contribution >= 4 is 29.1 Å². The summed E-state index contributed by atoms with van der Waals surface area (Å²) in [7, 11) is -7.27. The van der Waals surface area contributed by atoms with E-state index in [1.54, 1.807) is 0 Å². The summed E-state index contributed by atoms with van der Waals surface area (Å²) in [5, 5.41) is 0.424. The molecule has 0 saturated heterocycles. The molecule has 0 aliphatic carbocycles. The highest BCUT2D eigenvalue weighted by Gasteiger charge is 2.27. The van der Waals surface area contributed by atoms with Crippen molar-refractivity contribution in [2.45, 2.75) is 37.5 Å². The summed E-state index contributed by atoms with van der Waals surface area (Å²) in [4.78, 5) is -0.0266. The highest BCUT2D eigenvalue weighted by atomic mass is 35.5. The fraction of sp³-hybridized carbons (Fsp3) is 0.400. The molecule has 0 aliphatic rings. The molecule has 0 fully saturated rings. The van der Waals surface area contributed by atoms with Crippen molar-refractivity contribution in [3.05, 3.63) is 65.2 Å². The van der Waals surface area contributed by atoms with E-state index in [1.165, 1.54) is 24.3 Å². The van der Waals surface area contributed by atoms with Crippen molar-refractivity contribution in [1.82, 2.24) is 0 Å². The number of hydrogen-bond acceptors (Lipinski definition) is 5. The van der Waals surface area contributed by atoms with Crippen LogP contribution in [0.15, 0.2) is 59.5 Å². The normalized spacial score (nSPS) is 13.9. The van der Waals surface area contributed by atoms with E-state index in [1.807, 2.05) is 37.3 Å². The molecule has 5 nitrogen and oxygen atoms in total. The minimum atomic E-state index is -4.03. The zero-order valence-electron chi connectivity index (χ0n) is 15.9. The molecule has 0 aliphatic heterocycles. The molecular weight excluding hydrogens is 419 g/mol. The van der Waals surface area contributed by atoms with Crippen LogP contribution in [0.3, 0.4) is 0 Å². The Balaban J connectivity index is 2.00. The molecule has 0 radical (unpaired) electrons. The summed E-state index contributed by atoms with van der Waals surface area (Å²) in [5.41, 5.74) is 1.14. The van der Waals surface area contributed by atoms with E-state index < -0.39 is 23.8 Å². The van der Waals surface area contributed by atoms with Gasteiger partial charge in [0.05, 0.1) is 11.5 Å². The minimum Gasteiger partial charge on any atom is -0.327 e. The van der Waals surface area contributed by atoms with E-state index in [9.17, 15) is 13.0 Å². The third-order valence-corrected chi connectivity index (χ3v) is 8.02. The lowest BCUT2D eigenvalue weighted by atomic mass is 10.1. The molecular formula is C20H26ClO5PS. The molecule has 0 N–H and O–H groups in total. The van der Waals surface area contributed by atoms with Crippen LogP contribution in [0.1, 0.15) is 31.7 Å². The maximum atomic E-state index is 13.2. The summed E-state index contributed by atoms with van der Waals surface area (Å²) < 4.78 is 48.6. The van der Waals surface area contributed by atoms with E-state index in [4.69, 9.17) is 20.3 Å². The van der Waals surface area contributed by atoms with Gasteiger partial charge in [-0.3, -0.25) is 8.75 Å². The second kappa shape index (κ2) is 11.1. The van der Waals surface area contributed by atoms with Crippen molar-refractivity contribution in [2.24, 2.45) is 0 Å². The number of rotatable bonds is 12. The van der Waals surface area contributed by atoms with Gasteiger partial charge >= 0.3 is 0 Å². The number of unbranched alkanes of at least 4 members (excludes halogenated alkanes) is 1. The van der Waals surface area contributed by atoms with Gasteiger partial charge in [0, 0.05) is 11.2 Å². The van der Waals surface area contributed by atoms with E-state index in [0.29, 0.717) is 18.1 Å². The van der Waals surface area contributed by atoms with Gasteiger partial charge in [-0.05, 0) is 49.1 Å². The van der Waals surface area contributed by atoms with Gasteiger partial charge in [0.25, 0.3) is 10.1 Å². The lowest BCUT2D eigenvalue weighted by Crippen LogP contribution is -2.11. The van der Waals surface area contributed by atoms with E-state index in [0.717, 1.165) is 24.8 Å². The molecule has 2 aromatic carbocycles. The van der Waals surface area contributed by atoms with E-state index >= 15 is 0 Å². The Morgan fingerprint density at radius 1 is 1.00 bits per heavy atom. The fourth-order valence-electron chi connectivity index (χ4n) is 2.53. The van der Waals surface area contributed by atoms with Crippen molar-refractivity contribution in [2.75, 3.05) is 19.1 Å². The van der Waals surface area contributed by atoms with Gasteiger partial charge in [0.1, 0.15) is 6.35 Å². The highest BCUT2D eigenvalue weighted by molar-refractivity contribution is 7.87. The number of hydrogen-bond donors (Lipinski definition) is 0. The first kappa shape index (κ1) is 23.1. The van der Waals surface area contributed by atoms with Gasteiger partial charge in [-0.1, -0.05) is 55.3 Å². The van der Waals surface area contributed by atoms with Gasteiger partial charge in [0.15, 0.2) is 0 Å². The summed E-state index contributed by atoms with van der Waals surface area (Å²) in [6, 6.07) is 15.5. The largest absolute Gasteiger partial charge is 0.327 e. The fourth-order valence-corrected chi connectivity index (χ4v) is 5.89. The van der Waals surface area contributed by atoms with Crippen molar-refractivity contribution < 1.29 is 21.7 Å².